The van der Waals surface area contributed by atoms with Crippen molar-refractivity contribution >= 4 is 15.9 Å². The van der Waals surface area contributed by atoms with Crippen LogP contribution in [0, 0.1) is 5.41 Å². The van der Waals surface area contributed by atoms with Crippen LogP contribution in [0.4, 0.5) is 0 Å². The Balaban J connectivity index is 1.82. The number of fused-ring (bicyclic) bond motifs is 4. The lowest BCUT2D eigenvalue weighted by molar-refractivity contribution is 0.121. The predicted octanol–water partition coefficient (Wildman–Crippen LogP) is 3.19. The smallest absolute Gasteiger partial charge is 0.0487 e. The molecular weight excluding hydrogens is 250 g/mol. The molecule has 15 heavy (non-hydrogen) atoms. The third kappa shape index (κ3) is 1.07. The van der Waals surface area contributed by atoms with Crippen molar-refractivity contribution in [3.05, 3.63) is 33.8 Å². The number of halogens is 1. The zero-order valence-electron chi connectivity index (χ0n) is 8.59. The van der Waals surface area contributed by atoms with Crippen LogP contribution in [0.15, 0.2) is 22.7 Å². The molecular formula is C13H14BrN. The Morgan fingerprint density at radius 3 is 2.93 bits per heavy atom. The Hall–Kier alpha value is -0.340. The Morgan fingerprint density at radius 2 is 2.20 bits per heavy atom. The molecule has 1 heterocycles. The Bertz CT molecular complexity index is 436. The fourth-order valence-corrected chi connectivity index (χ4v) is 3.94. The van der Waals surface area contributed by atoms with Gasteiger partial charge in [-0.25, -0.2) is 0 Å². The van der Waals surface area contributed by atoms with Gasteiger partial charge in [0.15, 0.2) is 0 Å². The first kappa shape index (κ1) is 8.77. The van der Waals surface area contributed by atoms with Gasteiger partial charge in [-0.2, -0.15) is 0 Å². The van der Waals surface area contributed by atoms with Crippen LogP contribution < -0.4 is 5.32 Å². The number of hydrogen-bond acceptors (Lipinski definition) is 1. The quantitative estimate of drug-likeness (QED) is 0.714. The molecule has 1 aromatic rings. The molecule has 3 aliphatic rings. The lowest BCUT2D eigenvalue weighted by Gasteiger charge is -2.44. The first-order chi connectivity index (χ1) is 7.28. The summed E-state index contributed by atoms with van der Waals surface area (Å²) in [5, 5.41) is 3.69. The lowest BCUT2D eigenvalue weighted by atomic mass is 9.59. The summed E-state index contributed by atoms with van der Waals surface area (Å²) in [6, 6.07) is 8.28. The van der Waals surface area contributed by atoms with Gasteiger partial charge < -0.3 is 5.32 Å². The zero-order valence-corrected chi connectivity index (χ0v) is 10.2. The van der Waals surface area contributed by atoms with Crippen LogP contribution in [0.5, 0.6) is 0 Å². The summed E-state index contributed by atoms with van der Waals surface area (Å²) in [5.41, 5.74) is 3.78. The van der Waals surface area contributed by atoms with Crippen LogP contribution >= 0.6 is 15.9 Å². The number of nitrogens with one attached hydrogen (secondary N) is 1. The molecule has 0 bridgehead atoms. The van der Waals surface area contributed by atoms with Crippen molar-refractivity contribution in [2.75, 3.05) is 0 Å². The van der Waals surface area contributed by atoms with Crippen molar-refractivity contribution in [3.8, 4) is 0 Å². The topological polar surface area (TPSA) is 21.9 Å². The molecule has 0 aromatic heterocycles. The maximum Gasteiger partial charge on any atom is 0.0487 e. The van der Waals surface area contributed by atoms with Gasteiger partial charge in [0.1, 0.15) is 0 Å². The molecule has 1 N–H and O–H groups in total. The highest BCUT2D eigenvalue weighted by molar-refractivity contribution is 9.10. The van der Waals surface area contributed by atoms with E-state index in [1.54, 1.807) is 11.1 Å². The predicted molar refractivity (Wildman–Crippen MR) is 63.8 cm³/mol. The molecule has 4 rings (SSSR count). The van der Waals surface area contributed by atoms with Crippen LogP contribution in [0.3, 0.4) is 0 Å². The van der Waals surface area contributed by atoms with E-state index in [0.717, 1.165) is 6.04 Å². The van der Waals surface area contributed by atoms with Gasteiger partial charge in [0.05, 0.1) is 0 Å². The average molecular weight is 264 g/mol. The first-order valence-electron chi connectivity index (χ1n) is 5.83. The minimum absolute atomic E-state index is 0.644. The van der Waals surface area contributed by atoms with Crippen molar-refractivity contribution in [2.45, 2.75) is 37.8 Å². The van der Waals surface area contributed by atoms with Gasteiger partial charge in [-0.1, -0.05) is 28.4 Å². The van der Waals surface area contributed by atoms with Gasteiger partial charge >= 0.3 is 0 Å². The lowest BCUT2D eigenvalue weighted by Crippen LogP contribution is -2.40. The van der Waals surface area contributed by atoms with E-state index in [2.05, 4.69) is 39.4 Å². The number of benzene rings is 1. The second-order valence-electron chi connectivity index (χ2n) is 5.36. The highest BCUT2D eigenvalue weighted by atomic mass is 79.9. The first-order valence-corrected chi connectivity index (χ1v) is 6.62. The van der Waals surface area contributed by atoms with E-state index < -0.39 is 0 Å². The molecule has 1 spiro atoms. The van der Waals surface area contributed by atoms with Crippen molar-refractivity contribution in [1.82, 2.24) is 5.32 Å². The SMILES string of the molecule is Brc1ccc2c(c1)C1NC1C1(CCC1)C2. The van der Waals surface area contributed by atoms with Crippen LogP contribution in [0.1, 0.15) is 36.4 Å². The molecule has 0 radical (unpaired) electrons. The molecule has 2 unspecified atom stereocenters. The van der Waals surface area contributed by atoms with Gasteiger partial charge in [0, 0.05) is 16.6 Å². The minimum atomic E-state index is 0.644. The third-order valence-electron chi connectivity index (χ3n) is 4.58. The standard InChI is InChI=1S/C13H14BrN/c14-9-3-2-8-7-13(4-1-5-13)12-11(15-12)10(8)6-9/h2-3,6,11-12,15H,1,4-5,7H2. The molecule has 2 atom stereocenters. The van der Waals surface area contributed by atoms with Crippen LogP contribution in [-0.2, 0) is 6.42 Å². The molecule has 1 aliphatic heterocycles. The van der Waals surface area contributed by atoms with E-state index >= 15 is 0 Å². The van der Waals surface area contributed by atoms with E-state index in [1.165, 1.54) is 30.2 Å². The third-order valence-corrected chi connectivity index (χ3v) is 5.07. The van der Waals surface area contributed by atoms with Crippen molar-refractivity contribution in [2.24, 2.45) is 5.41 Å². The number of rotatable bonds is 0. The van der Waals surface area contributed by atoms with Crippen LogP contribution in [0.2, 0.25) is 0 Å². The van der Waals surface area contributed by atoms with E-state index in [4.69, 9.17) is 0 Å². The summed E-state index contributed by atoms with van der Waals surface area (Å²) in [5.74, 6) is 0. The number of hydrogen-bond donors (Lipinski definition) is 1. The monoisotopic (exact) mass is 263 g/mol. The van der Waals surface area contributed by atoms with Crippen molar-refractivity contribution in [1.29, 1.82) is 0 Å². The second-order valence-corrected chi connectivity index (χ2v) is 6.27. The maximum absolute atomic E-state index is 3.69. The molecule has 1 nitrogen and oxygen atoms in total. The highest BCUT2D eigenvalue weighted by Crippen LogP contribution is 2.59. The highest BCUT2D eigenvalue weighted by Gasteiger charge is 2.58. The Kier molecular flexibility index (Phi) is 1.56. The molecule has 2 heteroatoms. The Labute approximate surface area is 98.4 Å². The molecule has 1 aromatic carbocycles. The van der Waals surface area contributed by atoms with E-state index in [-0.39, 0.29) is 0 Å². The summed E-state index contributed by atoms with van der Waals surface area (Å²) in [4.78, 5) is 0. The Morgan fingerprint density at radius 1 is 1.33 bits per heavy atom. The second kappa shape index (κ2) is 2.67. The van der Waals surface area contributed by atoms with Gasteiger partial charge in [-0.05, 0) is 47.9 Å². The van der Waals surface area contributed by atoms with Gasteiger partial charge in [0.25, 0.3) is 0 Å². The molecule has 2 aliphatic carbocycles. The molecule has 1 saturated carbocycles. The summed E-state index contributed by atoms with van der Waals surface area (Å²) in [6.45, 7) is 0. The summed E-state index contributed by atoms with van der Waals surface area (Å²) in [7, 11) is 0. The fraction of sp³-hybridized carbons (Fsp3) is 0.538. The van der Waals surface area contributed by atoms with Crippen LogP contribution in [0.25, 0.3) is 0 Å². The van der Waals surface area contributed by atoms with E-state index in [1.807, 2.05) is 0 Å². The van der Waals surface area contributed by atoms with Gasteiger partial charge in [0.2, 0.25) is 0 Å². The van der Waals surface area contributed by atoms with E-state index in [0.29, 0.717) is 11.5 Å². The largest absolute Gasteiger partial charge is 0.303 e. The molecule has 78 valence electrons. The molecule has 2 fully saturated rings. The maximum atomic E-state index is 3.69. The zero-order chi connectivity index (χ0) is 10.0. The minimum Gasteiger partial charge on any atom is -0.303 e. The van der Waals surface area contributed by atoms with Gasteiger partial charge in [-0.15, -0.1) is 0 Å². The normalized spacial score (nSPS) is 34.2. The summed E-state index contributed by atoms with van der Waals surface area (Å²) >= 11 is 3.57. The fourth-order valence-electron chi connectivity index (χ4n) is 3.56. The van der Waals surface area contributed by atoms with Crippen LogP contribution in [-0.4, -0.2) is 6.04 Å². The van der Waals surface area contributed by atoms with Crippen molar-refractivity contribution < 1.29 is 0 Å². The molecule has 1 saturated heterocycles. The molecule has 0 amide bonds. The average Bonchev–Trinajstić information content (AvgIpc) is 2.94. The summed E-state index contributed by atoms with van der Waals surface area (Å²) < 4.78 is 1.22. The van der Waals surface area contributed by atoms with Gasteiger partial charge in [-0.3, -0.25) is 0 Å². The summed E-state index contributed by atoms with van der Waals surface area (Å²) in [6.07, 6.45) is 5.63. The van der Waals surface area contributed by atoms with Crippen molar-refractivity contribution in [3.63, 3.8) is 0 Å². The van der Waals surface area contributed by atoms with E-state index in [9.17, 15) is 0 Å².